The highest BCUT2D eigenvalue weighted by molar-refractivity contribution is 7.89. The fourth-order valence-corrected chi connectivity index (χ4v) is 4.96. The van der Waals surface area contributed by atoms with Crippen LogP contribution in [-0.2, 0) is 14.8 Å². The Bertz CT molecular complexity index is 1030. The summed E-state index contributed by atoms with van der Waals surface area (Å²) in [6.45, 7) is 1.92. The third kappa shape index (κ3) is 4.98. The average Bonchev–Trinajstić information content (AvgIpc) is 2.71. The molecule has 1 aliphatic heterocycles. The molecule has 0 radical (unpaired) electrons. The van der Waals surface area contributed by atoms with Crippen molar-refractivity contribution in [3.63, 3.8) is 0 Å². The third-order valence-electron chi connectivity index (χ3n) is 4.91. The molecule has 0 saturated carbocycles. The Balaban J connectivity index is 1.62. The molecule has 1 N–H and O–H groups in total. The summed E-state index contributed by atoms with van der Waals surface area (Å²) in [5.74, 6) is -0.593. The van der Waals surface area contributed by atoms with Gasteiger partial charge in [-0.15, -0.1) is 0 Å². The minimum Gasteiger partial charge on any atom is -0.326 e. The SMILES string of the molecule is CC(=O)c1ccc(S(=O)(=O)N2CCC(C(=O)Nc3ccc(Cl)c(Cl)c3)CC2)cc1. The molecule has 1 fully saturated rings. The highest BCUT2D eigenvalue weighted by atomic mass is 35.5. The highest BCUT2D eigenvalue weighted by Gasteiger charge is 2.32. The predicted molar refractivity (Wildman–Crippen MR) is 113 cm³/mol. The second kappa shape index (κ2) is 8.83. The van der Waals surface area contributed by atoms with Gasteiger partial charge in [-0.2, -0.15) is 4.31 Å². The Labute approximate surface area is 179 Å². The molecule has 0 aromatic heterocycles. The summed E-state index contributed by atoms with van der Waals surface area (Å²) in [7, 11) is -3.66. The topological polar surface area (TPSA) is 83.6 Å². The van der Waals surface area contributed by atoms with Gasteiger partial charge in [-0.05, 0) is 50.1 Å². The first kappa shape index (κ1) is 21.8. The van der Waals surface area contributed by atoms with E-state index in [0.29, 0.717) is 34.1 Å². The second-order valence-corrected chi connectivity index (χ2v) is 9.63. The molecule has 1 aliphatic rings. The molecular formula is C20H20Cl2N2O4S. The first-order chi connectivity index (χ1) is 13.7. The molecule has 1 saturated heterocycles. The van der Waals surface area contributed by atoms with E-state index in [2.05, 4.69) is 5.32 Å². The zero-order valence-electron chi connectivity index (χ0n) is 15.7. The largest absolute Gasteiger partial charge is 0.326 e. The van der Waals surface area contributed by atoms with Gasteiger partial charge in [-0.3, -0.25) is 9.59 Å². The summed E-state index contributed by atoms with van der Waals surface area (Å²) in [6.07, 6.45) is 0.829. The van der Waals surface area contributed by atoms with E-state index in [4.69, 9.17) is 23.2 Å². The van der Waals surface area contributed by atoms with Crippen LogP contribution in [0, 0.1) is 5.92 Å². The summed E-state index contributed by atoms with van der Waals surface area (Å²) in [6, 6.07) is 10.7. The van der Waals surface area contributed by atoms with Gasteiger partial charge < -0.3 is 5.32 Å². The van der Waals surface area contributed by atoms with Gasteiger partial charge in [-0.1, -0.05) is 35.3 Å². The van der Waals surface area contributed by atoms with Gasteiger partial charge in [0, 0.05) is 30.3 Å². The number of piperidine rings is 1. The maximum atomic E-state index is 12.8. The summed E-state index contributed by atoms with van der Waals surface area (Å²) >= 11 is 11.8. The lowest BCUT2D eigenvalue weighted by Gasteiger charge is -2.30. The van der Waals surface area contributed by atoms with Crippen LogP contribution in [0.25, 0.3) is 0 Å². The van der Waals surface area contributed by atoms with Crippen LogP contribution in [0.2, 0.25) is 10.0 Å². The van der Waals surface area contributed by atoms with Crippen LogP contribution in [-0.4, -0.2) is 37.5 Å². The van der Waals surface area contributed by atoms with Crippen molar-refractivity contribution in [1.29, 1.82) is 0 Å². The summed E-state index contributed by atoms with van der Waals surface area (Å²) in [4.78, 5) is 24.0. The maximum absolute atomic E-state index is 12.8. The van der Waals surface area contributed by atoms with Gasteiger partial charge in [0.25, 0.3) is 0 Å². The number of nitrogens with zero attached hydrogens (tertiary/aromatic N) is 1. The average molecular weight is 455 g/mol. The molecule has 154 valence electrons. The Morgan fingerprint density at radius 1 is 1.00 bits per heavy atom. The lowest BCUT2D eigenvalue weighted by Crippen LogP contribution is -2.41. The van der Waals surface area contributed by atoms with Crippen LogP contribution >= 0.6 is 23.2 Å². The van der Waals surface area contributed by atoms with Gasteiger partial charge >= 0.3 is 0 Å². The van der Waals surface area contributed by atoms with E-state index in [1.165, 1.54) is 35.5 Å². The number of carbonyl (C=O) groups is 2. The van der Waals surface area contributed by atoms with Crippen molar-refractivity contribution in [3.05, 3.63) is 58.1 Å². The number of hydrogen-bond donors (Lipinski definition) is 1. The van der Waals surface area contributed by atoms with Crippen molar-refractivity contribution in [2.24, 2.45) is 5.92 Å². The first-order valence-corrected chi connectivity index (χ1v) is 11.2. The molecule has 29 heavy (non-hydrogen) atoms. The molecule has 0 aliphatic carbocycles. The first-order valence-electron chi connectivity index (χ1n) is 9.05. The van der Waals surface area contributed by atoms with Crippen molar-refractivity contribution in [2.75, 3.05) is 18.4 Å². The zero-order valence-corrected chi connectivity index (χ0v) is 18.0. The molecular weight excluding hydrogens is 435 g/mol. The quantitative estimate of drug-likeness (QED) is 0.684. The number of benzene rings is 2. The number of hydrogen-bond acceptors (Lipinski definition) is 4. The van der Waals surface area contributed by atoms with E-state index in [1.807, 2.05) is 0 Å². The molecule has 0 atom stereocenters. The second-order valence-electron chi connectivity index (χ2n) is 6.88. The van der Waals surface area contributed by atoms with Gasteiger partial charge in [-0.25, -0.2) is 8.42 Å². The molecule has 9 heteroatoms. The molecule has 1 amide bonds. The van der Waals surface area contributed by atoms with E-state index in [-0.39, 0.29) is 35.6 Å². The third-order valence-corrected chi connectivity index (χ3v) is 7.56. The van der Waals surface area contributed by atoms with E-state index in [9.17, 15) is 18.0 Å². The maximum Gasteiger partial charge on any atom is 0.243 e. The van der Waals surface area contributed by atoms with E-state index in [0.717, 1.165) is 0 Å². The smallest absolute Gasteiger partial charge is 0.243 e. The molecule has 0 bridgehead atoms. The Morgan fingerprint density at radius 3 is 2.17 bits per heavy atom. The number of ketones is 1. The lowest BCUT2D eigenvalue weighted by atomic mass is 9.97. The fourth-order valence-electron chi connectivity index (χ4n) is 3.19. The van der Waals surface area contributed by atoms with E-state index in [1.54, 1.807) is 18.2 Å². The van der Waals surface area contributed by atoms with Crippen molar-refractivity contribution in [2.45, 2.75) is 24.7 Å². The highest BCUT2D eigenvalue weighted by Crippen LogP contribution is 2.28. The fraction of sp³-hybridized carbons (Fsp3) is 0.300. The van der Waals surface area contributed by atoms with Gasteiger partial charge in [0.2, 0.25) is 15.9 Å². The van der Waals surface area contributed by atoms with Crippen molar-refractivity contribution in [1.82, 2.24) is 4.31 Å². The monoisotopic (exact) mass is 454 g/mol. The number of sulfonamides is 1. The normalized spacial score (nSPS) is 15.8. The van der Waals surface area contributed by atoms with Gasteiger partial charge in [0.05, 0.1) is 14.9 Å². The minimum atomic E-state index is -3.66. The number of carbonyl (C=O) groups excluding carboxylic acids is 2. The van der Waals surface area contributed by atoms with E-state index < -0.39 is 10.0 Å². The van der Waals surface area contributed by atoms with Crippen LogP contribution in [0.15, 0.2) is 47.4 Å². The summed E-state index contributed by atoms with van der Waals surface area (Å²) in [5.41, 5.74) is 1.01. The van der Waals surface area contributed by atoms with Crippen molar-refractivity contribution in [3.8, 4) is 0 Å². The number of anilines is 1. The number of Topliss-reactive ketones (excluding diaryl/α,β-unsaturated/α-hetero) is 1. The molecule has 0 unspecified atom stereocenters. The molecule has 6 nitrogen and oxygen atoms in total. The van der Waals surface area contributed by atoms with Gasteiger partial charge in [0.1, 0.15) is 0 Å². The number of halogens is 2. The van der Waals surface area contributed by atoms with Gasteiger partial charge in [0.15, 0.2) is 5.78 Å². The molecule has 2 aromatic carbocycles. The summed E-state index contributed by atoms with van der Waals surface area (Å²) in [5, 5.41) is 3.55. The molecule has 1 heterocycles. The molecule has 2 aromatic rings. The van der Waals surface area contributed by atoms with Crippen LogP contribution in [0.3, 0.4) is 0 Å². The zero-order chi connectivity index (χ0) is 21.2. The number of rotatable bonds is 5. The van der Waals surface area contributed by atoms with Crippen LogP contribution in [0.4, 0.5) is 5.69 Å². The van der Waals surface area contributed by atoms with Crippen LogP contribution in [0.1, 0.15) is 30.1 Å². The minimum absolute atomic E-state index is 0.122. The number of nitrogens with one attached hydrogen (secondary N) is 1. The van der Waals surface area contributed by atoms with Crippen LogP contribution in [0.5, 0.6) is 0 Å². The lowest BCUT2D eigenvalue weighted by molar-refractivity contribution is -0.120. The van der Waals surface area contributed by atoms with E-state index >= 15 is 0 Å². The standard InChI is InChI=1S/C20H20Cl2N2O4S/c1-13(25)14-2-5-17(6-3-14)29(27,28)24-10-8-15(9-11-24)20(26)23-16-4-7-18(21)19(22)12-16/h2-7,12,15H,8-11H2,1H3,(H,23,26). The number of amides is 1. The molecule has 3 rings (SSSR count). The predicted octanol–water partition coefficient (Wildman–Crippen LogP) is 4.24. The Kier molecular flexibility index (Phi) is 6.63. The van der Waals surface area contributed by atoms with Crippen LogP contribution < -0.4 is 5.32 Å². The van der Waals surface area contributed by atoms with Crippen molar-refractivity contribution >= 4 is 50.6 Å². The Morgan fingerprint density at radius 2 is 1.62 bits per heavy atom. The van der Waals surface area contributed by atoms with Crippen molar-refractivity contribution < 1.29 is 18.0 Å². The molecule has 0 spiro atoms. The summed E-state index contributed by atoms with van der Waals surface area (Å²) < 4.78 is 27.0. The Hall–Kier alpha value is -1.93.